The summed E-state index contributed by atoms with van der Waals surface area (Å²) in [6, 6.07) is 6.09. The van der Waals surface area contributed by atoms with Crippen LogP contribution in [0.2, 0.25) is 0 Å². The third kappa shape index (κ3) is 5.02. The number of nitrogens with one attached hydrogen (secondary N) is 1. The van der Waals surface area contributed by atoms with Gasteiger partial charge in [-0.05, 0) is 62.0 Å². The molecule has 0 unspecified atom stereocenters. The molecule has 1 saturated heterocycles. The van der Waals surface area contributed by atoms with Crippen LogP contribution in [0.5, 0.6) is 0 Å². The molecule has 164 valence electrons. The monoisotopic (exact) mass is 441 g/mol. The van der Waals surface area contributed by atoms with E-state index in [0.29, 0.717) is 10.7 Å². The number of nitrogens with zero attached hydrogens (tertiary/aromatic N) is 4. The van der Waals surface area contributed by atoms with Crippen LogP contribution in [0.4, 0.5) is 9.52 Å². The van der Waals surface area contributed by atoms with Gasteiger partial charge in [0.2, 0.25) is 0 Å². The van der Waals surface area contributed by atoms with Crippen molar-refractivity contribution in [3.8, 4) is 5.69 Å². The molecule has 0 saturated carbocycles. The molecule has 1 aliphatic heterocycles. The predicted octanol–water partition coefficient (Wildman–Crippen LogP) is 5.08. The Labute approximate surface area is 186 Å². The number of likely N-dealkylation sites (tertiary alicyclic amines) is 1. The van der Waals surface area contributed by atoms with Crippen LogP contribution in [0.25, 0.3) is 5.69 Å². The number of amides is 1. The number of rotatable bonds is 6. The second-order valence-corrected chi connectivity index (χ2v) is 9.40. The van der Waals surface area contributed by atoms with E-state index >= 15 is 0 Å². The zero-order valence-corrected chi connectivity index (χ0v) is 19.0. The molecule has 0 aliphatic carbocycles. The SMILES string of the molecule is CC1CCN(Cc2csc(NC(=O)c3cnn(-c4ccc(F)cc4)c3C(C)C)n2)CC1. The summed E-state index contributed by atoms with van der Waals surface area (Å²) in [5.74, 6) is 0.317. The van der Waals surface area contributed by atoms with Gasteiger partial charge < -0.3 is 0 Å². The number of aromatic nitrogens is 3. The number of halogens is 1. The summed E-state index contributed by atoms with van der Waals surface area (Å²) in [5.41, 5.74) is 2.99. The Hall–Kier alpha value is -2.58. The van der Waals surface area contributed by atoms with E-state index in [1.165, 1.54) is 36.3 Å². The van der Waals surface area contributed by atoms with Crippen LogP contribution in [-0.4, -0.2) is 38.7 Å². The van der Waals surface area contributed by atoms with E-state index < -0.39 is 0 Å². The summed E-state index contributed by atoms with van der Waals surface area (Å²) in [6.45, 7) is 9.33. The largest absolute Gasteiger partial charge is 0.298 e. The van der Waals surface area contributed by atoms with Crippen LogP contribution in [0.15, 0.2) is 35.8 Å². The van der Waals surface area contributed by atoms with Crippen LogP contribution >= 0.6 is 11.3 Å². The van der Waals surface area contributed by atoms with Crippen molar-refractivity contribution < 1.29 is 9.18 Å². The zero-order valence-electron chi connectivity index (χ0n) is 18.1. The maximum Gasteiger partial charge on any atom is 0.260 e. The number of piperidine rings is 1. The lowest BCUT2D eigenvalue weighted by Gasteiger charge is -2.29. The van der Waals surface area contributed by atoms with E-state index in [0.717, 1.165) is 42.6 Å². The first-order chi connectivity index (χ1) is 14.9. The number of thiazole rings is 1. The minimum absolute atomic E-state index is 0.0571. The summed E-state index contributed by atoms with van der Waals surface area (Å²) >= 11 is 1.44. The molecule has 1 aliphatic rings. The molecule has 1 N–H and O–H groups in total. The van der Waals surface area contributed by atoms with Gasteiger partial charge >= 0.3 is 0 Å². The first kappa shape index (κ1) is 21.6. The average molecular weight is 442 g/mol. The highest BCUT2D eigenvalue weighted by Gasteiger charge is 2.22. The molecule has 0 bridgehead atoms. The molecule has 3 aromatic rings. The van der Waals surface area contributed by atoms with E-state index in [2.05, 4.69) is 27.2 Å². The van der Waals surface area contributed by atoms with Crippen molar-refractivity contribution in [2.75, 3.05) is 18.4 Å². The van der Waals surface area contributed by atoms with Crippen molar-refractivity contribution in [3.05, 3.63) is 58.6 Å². The Morgan fingerprint density at radius 1 is 1.26 bits per heavy atom. The summed E-state index contributed by atoms with van der Waals surface area (Å²) in [7, 11) is 0. The Morgan fingerprint density at radius 3 is 2.65 bits per heavy atom. The third-order valence-corrected chi connectivity index (χ3v) is 6.51. The minimum atomic E-state index is -0.307. The summed E-state index contributed by atoms with van der Waals surface area (Å²) in [6.07, 6.45) is 4.02. The Kier molecular flexibility index (Phi) is 6.48. The lowest BCUT2D eigenvalue weighted by molar-refractivity contribution is 0.102. The van der Waals surface area contributed by atoms with E-state index in [4.69, 9.17) is 0 Å². The predicted molar refractivity (Wildman–Crippen MR) is 121 cm³/mol. The number of carbonyl (C=O) groups excluding carboxylic acids is 1. The molecule has 1 amide bonds. The van der Waals surface area contributed by atoms with Gasteiger partial charge in [0.1, 0.15) is 5.82 Å². The van der Waals surface area contributed by atoms with Gasteiger partial charge in [0.15, 0.2) is 5.13 Å². The van der Waals surface area contributed by atoms with Gasteiger partial charge in [-0.2, -0.15) is 5.10 Å². The van der Waals surface area contributed by atoms with Crippen LogP contribution in [0, 0.1) is 11.7 Å². The van der Waals surface area contributed by atoms with Crippen LogP contribution in [0.1, 0.15) is 61.3 Å². The number of carbonyl (C=O) groups is 1. The van der Waals surface area contributed by atoms with Gasteiger partial charge in [-0.25, -0.2) is 14.1 Å². The van der Waals surface area contributed by atoms with Crippen LogP contribution in [0.3, 0.4) is 0 Å². The van der Waals surface area contributed by atoms with Gasteiger partial charge in [-0.3, -0.25) is 15.0 Å². The Balaban J connectivity index is 1.48. The molecule has 1 fully saturated rings. The molecular weight excluding hydrogens is 413 g/mol. The van der Waals surface area contributed by atoms with Crippen LogP contribution in [-0.2, 0) is 6.54 Å². The molecule has 0 atom stereocenters. The smallest absolute Gasteiger partial charge is 0.260 e. The molecule has 0 radical (unpaired) electrons. The van der Waals surface area contributed by atoms with E-state index in [1.54, 1.807) is 23.0 Å². The molecular formula is C23H28FN5OS. The molecule has 0 spiro atoms. The highest BCUT2D eigenvalue weighted by molar-refractivity contribution is 7.14. The third-order valence-electron chi connectivity index (χ3n) is 5.70. The minimum Gasteiger partial charge on any atom is -0.298 e. The summed E-state index contributed by atoms with van der Waals surface area (Å²) in [4.78, 5) is 20.0. The van der Waals surface area contributed by atoms with Crippen molar-refractivity contribution in [2.24, 2.45) is 5.92 Å². The zero-order chi connectivity index (χ0) is 22.0. The van der Waals surface area contributed by atoms with Crippen molar-refractivity contribution >= 4 is 22.4 Å². The number of anilines is 1. The van der Waals surface area contributed by atoms with Gasteiger partial charge in [0, 0.05) is 11.9 Å². The van der Waals surface area contributed by atoms with Crippen molar-refractivity contribution in [3.63, 3.8) is 0 Å². The lowest BCUT2D eigenvalue weighted by Crippen LogP contribution is -2.32. The maximum atomic E-state index is 13.3. The summed E-state index contributed by atoms with van der Waals surface area (Å²) in [5, 5.41) is 9.93. The molecule has 6 nitrogen and oxygen atoms in total. The quantitative estimate of drug-likeness (QED) is 0.580. The topological polar surface area (TPSA) is 63.1 Å². The van der Waals surface area contributed by atoms with Gasteiger partial charge in [-0.1, -0.05) is 20.8 Å². The van der Waals surface area contributed by atoms with Gasteiger partial charge in [0.05, 0.1) is 28.8 Å². The summed E-state index contributed by atoms with van der Waals surface area (Å²) < 4.78 is 15.0. The maximum absolute atomic E-state index is 13.3. The van der Waals surface area contributed by atoms with E-state index in [-0.39, 0.29) is 17.6 Å². The van der Waals surface area contributed by atoms with Crippen LogP contribution < -0.4 is 5.32 Å². The Bertz CT molecular complexity index is 1030. The van der Waals surface area contributed by atoms with E-state index in [1.807, 2.05) is 19.2 Å². The molecule has 31 heavy (non-hydrogen) atoms. The molecule has 4 rings (SSSR count). The fourth-order valence-electron chi connectivity index (χ4n) is 3.93. The first-order valence-electron chi connectivity index (χ1n) is 10.7. The number of hydrogen-bond donors (Lipinski definition) is 1. The van der Waals surface area contributed by atoms with Gasteiger partial charge in [0.25, 0.3) is 5.91 Å². The molecule has 1 aromatic carbocycles. The standard InChI is InChI=1S/C23H28FN5OS/c1-15(2)21-20(12-25-29(21)19-6-4-17(24)5-7-19)22(30)27-23-26-18(14-31-23)13-28-10-8-16(3)9-11-28/h4-7,12,14-16H,8-11,13H2,1-3H3,(H,26,27,30). The van der Waals surface area contributed by atoms with Crippen molar-refractivity contribution in [1.82, 2.24) is 19.7 Å². The normalized spacial score (nSPS) is 15.5. The Morgan fingerprint density at radius 2 is 1.97 bits per heavy atom. The van der Waals surface area contributed by atoms with Crippen molar-refractivity contribution in [1.29, 1.82) is 0 Å². The fourth-order valence-corrected chi connectivity index (χ4v) is 4.62. The fraction of sp³-hybridized carbons (Fsp3) is 0.435. The lowest BCUT2D eigenvalue weighted by atomic mass is 9.99. The molecule has 2 aromatic heterocycles. The second kappa shape index (κ2) is 9.28. The highest BCUT2D eigenvalue weighted by atomic mass is 32.1. The second-order valence-electron chi connectivity index (χ2n) is 8.54. The number of benzene rings is 1. The number of hydrogen-bond acceptors (Lipinski definition) is 5. The highest BCUT2D eigenvalue weighted by Crippen LogP contribution is 2.25. The van der Waals surface area contributed by atoms with Crippen molar-refractivity contribution in [2.45, 2.75) is 46.1 Å². The van der Waals surface area contributed by atoms with E-state index in [9.17, 15) is 9.18 Å². The first-order valence-corrected chi connectivity index (χ1v) is 11.6. The molecule has 3 heterocycles. The average Bonchev–Trinajstić information content (AvgIpc) is 3.37. The van der Waals surface area contributed by atoms with Gasteiger partial charge in [-0.15, -0.1) is 11.3 Å². The molecule has 8 heteroatoms.